The van der Waals surface area contributed by atoms with Gasteiger partial charge in [-0.1, -0.05) is 59.7 Å². The van der Waals surface area contributed by atoms with E-state index >= 15 is 0 Å². The van der Waals surface area contributed by atoms with Crippen LogP contribution in [0.5, 0.6) is 23.3 Å². The summed E-state index contributed by atoms with van der Waals surface area (Å²) in [5.41, 5.74) is 14.5. The van der Waals surface area contributed by atoms with Crippen LogP contribution in [0.25, 0.3) is 12.2 Å². The molecule has 11 nitrogen and oxygen atoms in total. The number of sulfone groups is 1. The lowest BCUT2D eigenvalue weighted by Crippen LogP contribution is -2.14. The molecular formula is C54H57N5O6S. The predicted octanol–water partition coefficient (Wildman–Crippen LogP) is 12.0. The summed E-state index contributed by atoms with van der Waals surface area (Å²) in [5, 5.41) is 0. The zero-order valence-electron chi connectivity index (χ0n) is 37.9. The van der Waals surface area contributed by atoms with Gasteiger partial charge in [0.05, 0.1) is 11.4 Å². The molecule has 0 saturated heterocycles. The number of hydrogen-bond acceptors (Lipinski definition) is 11. The average Bonchev–Trinajstić information content (AvgIpc) is 3.30. The molecule has 2 fully saturated rings. The first-order valence-electron chi connectivity index (χ1n) is 22.5. The van der Waals surface area contributed by atoms with E-state index in [1.54, 1.807) is 42.9 Å². The van der Waals surface area contributed by atoms with E-state index in [0.29, 0.717) is 59.1 Å². The molecule has 0 amide bonds. The number of hydrogen-bond donors (Lipinski definition) is 1. The van der Waals surface area contributed by atoms with Gasteiger partial charge in [-0.2, -0.15) is 0 Å². The molecule has 4 heterocycles. The van der Waals surface area contributed by atoms with E-state index in [4.69, 9.17) is 15.2 Å². The van der Waals surface area contributed by atoms with E-state index in [1.807, 2.05) is 74.5 Å². The zero-order chi connectivity index (χ0) is 46.5. The number of carbonyl (C=O) groups excluding carboxylic acids is 2. The van der Waals surface area contributed by atoms with Gasteiger partial charge in [-0.25, -0.2) is 23.4 Å². The van der Waals surface area contributed by atoms with Gasteiger partial charge in [0.15, 0.2) is 21.4 Å². The Bertz CT molecular complexity index is 2750. The smallest absolute Gasteiger partial charge is 0.219 e. The van der Waals surface area contributed by atoms with Crippen molar-refractivity contribution in [3.63, 3.8) is 0 Å². The highest BCUT2D eigenvalue weighted by Gasteiger charge is 2.22. The van der Waals surface area contributed by atoms with Crippen molar-refractivity contribution in [2.45, 2.75) is 83.8 Å². The van der Waals surface area contributed by atoms with Crippen molar-refractivity contribution in [2.75, 3.05) is 12.0 Å². The maximum atomic E-state index is 12.7. The van der Waals surface area contributed by atoms with Crippen molar-refractivity contribution in [2.24, 2.45) is 11.8 Å². The molecule has 4 aromatic heterocycles. The molecule has 0 bridgehead atoms. The Balaban J connectivity index is 0.000000198. The number of nitrogens with two attached hydrogens (primary N) is 1. The second-order valence-electron chi connectivity index (χ2n) is 17.5. The Labute approximate surface area is 388 Å². The fraction of sp³-hybridized carbons (Fsp3) is 0.296. The maximum absolute atomic E-state index is 12.7. The number of ether oxygens (including phenoxy) is 2. The molecule has 2 aliphatic carbocycles. The van der Waals surface area contributed by atoms with Gasteiger partial charge in [0.2, 0.25) is 11.8 Å². The van der Waals surface area contributed by atoms with Crippen molar-refractivity contribution >= 4 is 39.4 Å². The highest BCUT2D eigenvalue weighted by Crippen LogP contribution is 2.35. The average molecular weight is 904 g/mol. The number of carbonyl (C=O) groups is 2. The maximum Gasteiger partial charge on any atom is 0.219 e. The number of ketones is 2. The summed E-state index contributed by atoms with van der Waals surface area (Å²) >= 11 is 0. The lowest BCUT2D eigenvalue weighted by molar-refractivity contribution is 0.0945. The predicted molar refractivity (Wildman–Crippen MR) is 260 cm³/mol. The summed E-state index contributed by atoms with van der Waals surface area (Å²) in [6.07, 6.45) is 21.3. The van der Waals surface area contributed by atoms with Crippen molar-refractivity contribution in [3.05, 3.63) is 172 Å². The van der Waals surface area contributed by atoms with E-state index in [2.05, 4.69) is 44.2 Å². The monoisotopic (exact) mass is 903 g/mol. The van der Waals surface area contributed by atoms with Crippen LogP contribution < -0.4 is 15.2 Å². The van der Waals surface area contributed by atoms with Crippen LogP contribution in [0, 0.1) is 25.7 Å². The van der Waals surface area contributed by atoms with Crippen molar-refractivity contribution in [1.82, 2.24) is 19.9 Å². The molecule has 340 valence electrons. The molecule has 12 heteroatoms. The minimum absolute atomic E-state index is 0.0652. The lowest BCUT2D eigenvalue weighted by atomic mass is 9.82. The van der Waals surface area contributed by atoms with Crippen LogP contribution in [0.4, 0.5) is 5.82 Å². The number of aryl methyl sites for hydroxylation is 2. The van der Waals surface area contributed by atoms with Crippen LogP contribution in [0.3, 0.4) is 0 Å². The SMILES string of the molecule is Cc1ccc(Oc2cccc(C=C3CCC(CC(=O)c4ccc(CS(C)(=O)=O)nc4)CC3)c2)nc1.Cc1ccc(Oc2cccc(C=C3CCC(CC(=O)c4ccc(N)nc4)CC3)c2)nc1. The topological polar surface area (TPSA) is 164 Å². The number of nitrogens with zero attached hydrogens (tertiary/aromatic N) is 4. The molecule has 66 heavy (non-hydrogen) atoms. The summed E-state index contributed by atoms with van der Waals surface area (Å²) in [4.78, 5) is 42.0. The van der Waals surface area contributed by atoms with Gasteiger partial charge in [-0.15, -0.1) is 0 Å². The quantitative estimate of drug-likeness (QED) is 0.103. The number of Topliss-reactive ketones (excluding diaryl/α,β-unsaturated/α-hetero) is 2. The van der Waals surface area contributed by atoms with Gasteiger partial charge in [0.1, 0.15) is 17.3 Å². The molecule has 2 aromatic carbocycles. The molecule has 0 radical (unpaired) electrons. The van der Waals surface area contributed by atoms with Crippen LogP contribution in [0.1, 0.15) is 113 Å². The third kappa shape index (κ3) is 14.9. The number of benzene rings is 2. The number of nitrogen functional groups attached to an aromatic ring is 1. The lowest BCUT2D eigenvalue weighted by Gasteiger charge is -2.23. The number of rotatable bonds is 14. The largest absolute Gasteiger partial charge is 0.439 e. The normalized spacial score (nSPS) is 16.0. The number of aromatic nitrogens is 4. The molecule has 2 N–H and O–H groups in total. The van der Waals surface area contributed by atoms with Crippen LogP contribution in [0.15, 0.2) is 133 Å². The number of pyridine rings is 4. The second kappa shape index (κ2) is 22.4. The molecule has 8 rings (SSSR count). The molecule has 0 atom stereocenters. The van der Waals surface area contributed by atoms with Crippen molar-refractivity contribution in [1.29, 1.82) is 0 Å². The summed E-state index contributed by atoms with van der Waals surface area (Å²) < 4.78 is 34.6. The highest BCUT2D eigenvalue weighted by molar-refractivity contribution is 7.89. The number of anilines is 1. The molecule has 2 saturated carbocycles. The van der Waals surface area contributed by atoms with E-state index in [9.17, 15) is 18.0 Å². The zero-order valence-corrected chi connectivity index (χ0v) is 38.7. The van der Waals surface area contributed by atoms with Gasteiger partial charge in [-0.3, -0.25) is 14.6 Å². The minimum atomic E-state index is -3.14. The van der Waals surface area contributed by atoms with Crippen LogP contribution >= 0.6 is 0 Å². The Morgan fingerprint density at radius 3 is 1.47 bits per heavy atom. The van der Waals surface area contributed by atoms with Crippen LogP contribution in [0.2, 0.25) is 0 Å². The summed E-state index contributed by atoms with van der Waals surface area (Å²) in [6.45, 7) is 4.00. The van der Waals surface area contributed by atoms with Crippen molar-refractivity contribution < 1.29 is 27.5 Å². The van der Waals surface area contributed by atoms with Gasteiger partial charge >= 0.3 is 0 Å². The third-order valence-corrected chi connectivity index (χ3v) is 12.6. The van der Waals surface area contributed by atoms with E-state index in [-0.39, 0.29) is 17.3 Å². The van der Waals surface area contributed by atoms with E-state index in [1.165, 1.54) is 23.6 Å². The number of allylic oxidation sites excluding steroid dienone is 2. The summed E-state index contributed by atoms with van der Waals surface area (Å²) in [5.74, 6) is 4.01. The van der Waals surface area contributed by atoms with E-state index in [0.717, 1.165) is 85.1 Å². The van der Waals surface area contributed by atoms with E-state index < -0.39 is 9.84 Å². The Morgan fingerprint density at radius 1 is 0.606 bits per heavy atom. The van der Waals surface area contributed by atoms with Crippen molar-refractivity contribution in [3.8, 4) is 23.3 Å². The Hall–Kier alpha value is -6.79. The van der Waals surface area contributed by atoms with Gasteiger partial charge in [0.25, 0.3) is 0 Å². The first kappa shape index (κ1) is 47.2. The second-order valence-corrected chi connectivity index (χ2v) is 19.7. The molecule has 2 aliphatic rings. The fourth-order valence-corrected chi connectivity index (χ4v) is 8.85. The van der Waals surface area contributed by atoms with Crippen LogP contribution in [-0.4, -0.2) is 46.2 Å². The Morgan fingerprint density at radius 2 is 1.08 bits per heavy atom. The first-order valence-corrected chi connectivity index (χ1v) is 24.6. The highest BCUT2D eigenvalue weighted by atomic mass is 32.2. The fourth-order valence-electron chi connectivity index (χ4n) is 8.15. The van der Waals surface area contributed by atoms with Gasteiger partial charge in [-0.05, 0) is 148 Å². The molecule has 0 aliphatic heterocycles. The minimum Gasteiger partial charge on any atom is -0.439 e. The Kier molecular flexibility index (Phi) is 16.0. The summed E-state index contributed by atoms with van der Waals surface area (Å²) in [7, 11) is -3.14. The summed E-state index contributed by atoms with van der Waals surface area (Å²) in [6, 6.07) is 30.5. The standard InChI is InChI=1S/C28H30N2O4S.C26H27N3O2/c1-20-6-13-28(30-17-20)34-26-5-3-4-23(15-26)14-21-7-9-22(10-8-21)16-27(31)24-11-12-25(29-18-24)19-35(2,32)33;1-18-5-12-26(29-16-18)31-23-4-2-3-21(14-23)13-19-6-8-20(9-7-19)15-24(30)22-10-11-25(27)28-17-22/h3-6,11-15,17-18,22H,7-10,16,19H2,1-2H3;2-5,10-14,16-17,20H,6-9,15H2,1H3,(H2,27,28). The first-order chi connectivity index (χ1) is 31.8. The third-order valence-electron chi connectivity index (χ3n) is 11.8. The molecular weight excluding hydrogens is 847 g/mol. The molecule has 6 aromatic rings. The van der Waals surface area contributed by atoms with Crippen LogP contribution in [-0.2, 0) is 15.6 Å². The molecule has 0 spiro atoms. The molecule has 0 unspecified atom stereocenters. The van der Waals surface area contributed by atoms with Gasteiger partial charge < -0.3 is 15.2 Å². The van der Waals surface area contributed by atoms with Gasteiger partial charge in [0, 0.05) is 67.1 Å².